The van der Waals surface area contributed by atoms with Crippen LogP contribution < -0.4 is 5.43 Å². The van der Waals surface area contributed by atoms with Gasteiger partial charge >= 0.3 is 0 Å². The zero-order chi connectivity index (χ0) is 15.0. The van der Waals surface area contributed by atoms with Gasteiger partial charge in [0.05, 0.1) is 17.2 Å². The molecule has 3 aromatic rings. The number of H-pyrrole nitrogens is 1. The number of aromatic amines is 1. The zero-order valence-electron chi connectivity index (χ0n) is 10.9. The van der Waals surface area contributed by atoms with Crippen LogP contribution in [0.15, 0.2) is 38.8 Å². The summed E-state index contributed by atoms with van der Waals surface area (Å²) >= 11 is 5.01. The van der Waals surface area contributed by atoms with Crippen molar-refractivity contribution in [3.63, 3.8) is 0 Å². The summed E-state index contributed by atoms with van der Waals surface area (Å²) in [6.45, 7) is 1.73. The number of aromatic nitrogens is 3. The summed E-state index contributed by atoms with van der Waals surface area (Å²) in [6.07, 6.45) is 2.65. The van der Waals surface area contributed by atoms with Crippen molar-refractivity contribution in [1.82, 2.24) is 14.9 Å². The molecule has 1 aromatic carbocycles. The smallest absolute Gasteiger partial charge is 0.216 e. The third kappa shape index (κ3) is 2.36. The number of phenolic OH excluding ortho intramolecular Hbond substituents is 1. The minimum Gasteiger partial charge on any atom is -0.508 e. The third-order valence-electron chi connectivity index (χ3n) is 2.91. The highest BCUT2D eigenvalue weighted by molar-refractivity contribution is 7.71. The zero-order valence-corrected chi connectivity index (χ0v) is 11.7. The minimum absolute atomic E-state index is 0.00297. The molecule has 2 aromatic heterocycles. The van der Waals surface area contributed by atoms with Gasteiger partial charge in [-0.05, 0) is 37.3 Å². The lowest BCUT2D eigenvalue weighted by Gasteiger charge is -1.99. The van der Waals surface area contributed by atoms with Crippen LogP contribution in [0.4, 0.5) is 0 Å². The number of fused-ring (bicyclic) bond motifs is 1. The lowest BCUT2D eigenvalue weighted by molar-refractivity contribution is 0.475. The maximum Gasteiger partial charge on any atom is 0.216 e. The van der Waals surface area contributed by atoms with Gasteiger partial charge in [0.1, 0.15) is 23.4 Å². The number of aromatic hydroxyl groups is 1. The summed E-state index contributed by atoms with van der Waals surface area (Å²) in [7, 11) is 0. The number of nitrogens with one attached hydrogen (secondary N) is 1. The van der Waals surface area contributed by atoms with Crippen LogP contribution in [0.5, 0.6) is 5.75 Å². The molecule has 0 aliphatic carbocycles. The fraction of sp³-hybridized carbons (Fsp3) is 0.0769. The maximum absolute atomic E-state index is 12.3. The Morgan fingerprint density at radius 3 is 3.05 bits per heavy atom. The summed E-state index contributed by atoms with van der Waals surface area (Å²) < 4.78 is 7.06. The highest BCUT2D eigenvalue weighted by atomic mass is 32.1. The van der Waals surface area contributed by atoms with E-state index in [2.05, 4.69) is 15.3 Å². The quantitative estimate of drug-likeness (QED) is 0.557. The first-order valence-electron chi connectivity index (χ1n) is 5.99. The number of rotatable bonds is 2. The fourth-order valence-electron chi connectivity index (χ4n) is 1.85. The van der Waals surface area contributed by atoms with E-state index in [1.54, 1.807) is 6.92 Å². The van der Waals surface area contributed by atoms with Crippen LogP contribution in [0.3, 0.4) is 0 Å². The highest BCUT2D eigenvalue weighted by Gasteiger charge is 2.06. The van der Waals surface area contributed by atoms with Crippen molar-refractivity contribution in [1.29, 1.82) is 0 Å². The second kappa shape index (κ2) is 4.98. The van der Waals surface area contributed by atoms with Gasteiger partial charge < -0.3 is 9.52 Å². The average molecular weight is 302 g/mol. The molecule has 0 radical (unpaired) electrons. The Bertz CT molecular complexity index is 967. The molecule has 0 amide bonds. The molecule has 3 rings (SSSR count). The average Bonchev–Trinajstić information content (AvgIpc) is 2.78. The Morgan fingerprint density at radius 1 is 1.52 bits per heavy atom. The van der Waals surface area contributed by atoms with E-state index in [-0.39, 0.29) is 22.1 Å². The van der Waals surface area contributed by atoms with Crippen LogP contribution in [0.1, 0.15) is 11.4 Å². The Labute approximate surface area is 123 Å². The molecule has 7 nitrogen and oxygen atoms in total. The molecule has 0 atom stereocenters. The molecule has 8 heteroatoms. The van der Waals surface area contributed by atoms with Gasteiger partial charge in [0.25, 0.3) is 0 Å². The van der Waals surface area contributed by atoms with E-state index in [1.165, 1.54) is 35.4 Å². The van der Waals surface area contributed by atoms with Crippen molar-refractivity contribution >= 4 is 29.4 Å². The van der Waals surface area contributed by atoms with Gasteiger partial charge in [-0.15, -0.1) is 0 Å². The van der Waals surface area contributed by atoms with Gasteiger partial charge in [-0.3, -0.25) is 9.89 Å². The first-order chi connectivity index (χ1) is 10.1. The minimum atomic E-state index is -0.288. The summed E-state index contributed by atoms with van der Waals surface area (Å²) in [5, 5.41) is 20.3. The van der Waals surface area contributed by atoms with Gasteiger partial charge in [0.15, 0.2) is 0 Å². The van der Waals surface area contributed by atoms with Crippen molar-refractivity contribution < 1.29 is 9.52 Å². The third-order valence-corrected chi connectivity index (χ3v) is 3.17. The molecule has 0 bridgehead atoms. The van der Waals surface area contributed by atoms with Crippen LogP contribution >= 0.6 is 12.2 Å². The van der Waals surface area contributed by atoms with Crippen LogP contribution in [-0.4, -0.2) is 26.2 Å². The summed E-state index contributed by atoms with van der Waals surface area (Å²) in [6, 6.07) is 4.34. The monoisotopic (exact) mass is 302 g/mol. The van der Waals surface area contributed by atoms with E-state index in [9.17, 15) is 9.90 Å². The number of phenols is 1. The van der Waals surface area contributed by atoms with Gasteiger partial charge in [-0.2, -0.15) is 14.9 Å². The van der Waals surface area contributed by atoms with Crippen LogP contribution in [0.2, 0.25) is 0 Å². The lowest BCUT2D eigenvalue weighted by Crippen LogP contribution is -2.08. The molecular weight excluding hydrogens is 292 g/mol. The summed E-state index contributed by atoms with van der Waals surface area (Å²) in [5.41, 5.74) is 0.352. The molecule has 0 spiro atoms. The largest absolute Gasteiger partial charge is 0.508 e. The summed E-state index contributed by atoms with van der Waals surface area (Å²) in [4.78, 5) is 12.3. The number of benzene rings is 1. The van der Waals surface area contributed by atoms with Gasteiger partial charge in [0, 0.05) is 0 Å². The Kier molecular flexibility index (Phi) is 3.15. The Balaban J connectivity index is 2.12. The number of hydrogen-bond donors (Lipinski definition) is 2. The van der Waals surface area contributed by atoms with Crippen molar-refractivity contribution in [3.05, 3.63) is 50.8 Å². The standard InChI is InChI=1S/C13H10N4O3S/c1-7-15-16-13(21)17(7)14-5-8-6-20-11-3-2-9(18)4-10(11)12(8)19/h2-6,18H,1H3,(H,16,21)/b14-5+. The molecule has 21 heavy (non-hydrogen) atoms. The van der Waals surface area contributed by atoms with Crippen molar-refractivity contribution in [2.45, 2.75) is 6.92 Å². The van der Waals surface area contributed by atoms with Gasteiger partial charge in [-0.25, -0.2) is 0 Å². The molecule has 106 valence electrons. The first-order valence-corrected chi connectivity index (χ1v) is 6.40. The summed E-state index contributed by atoms with van der Waals surface area (Å²) in [5.74, 6) is 0.566. The van der Waals surface area contributed by atoms with Crippen LogP contribution in [0.25, 0.3) is 11.0 Å². The van der Waals surface area contributed by atoms with Gasteiger partial charge in [0.2, 0.25) is 10.2 Å². The van der Waals surface area contributed by atoms with Crippen molar-refractivity contribution in [2.75, 3.05) is 0 Å². The van der Waals surface area contributed by atoms with Crippen LogP contribution in [-0.2, 0) is 0 Å². The molecular formula is C13H10N4O3S. The normalized spacial score (nSPS) is 11.5. The van der Waals surface area contributed by atoms with E-state index >= 15 is 0 Å². The maximum atomic E-state index is 12.3. The highest BCUT2D eigenvalue weighted by Crippen LogP contribution is 2.17. The van der Waals surface area contributed by atoms with Gasteiger partial charge in [-0.1, -0.05) is 0 Å². The molecule has 0 unspecified atom stereocenters. The molecule has 2 heterocycles. The topological polar surface area (TPSA) is 96.4 Å². The Morgan fingerprint density at radius 2 is 2.33 bits per heavy atom. The SMILES string of the molecule is Cc1n[nH]c(=S)n1/N=C/c1coc2ccc(O)cc2c1=O. The second-order valence-electron chi connectivity index (χ2n) is 4.33. The van der Waals surface area contributed by atoms with E-state index in [0.717, 1.165) is 0 Å². The predicted octanol–water partition coefficient (Wildman–Crippen LogP) is 1.94. The fourth-order valence-corrected chi connectivity index (χ4v) is 2.07. The first kappa shape index (κ1) is 13.3. The molecule has 0 fully saturated rings. The molecule has 0 aliphatic heterocycles. The number of nitrogens with zero attached hydrogens (tertiary/aromatic N) is 3. The predicted molar refractivity (Wildman–Crippen MR) is 79.3 cm³/mol. The van der Waals surface area contributed by atoms with Crippen molar-refractivity contribution in [3.8, 4) is 5.75 Å². The van der Waals surface area contributed by atoms with E-state index in [0.29, 0.717) is 16.2 Å². The number of aryl methyl sites for hydroxylation is 1. The van der Waals surface area contributed by atoms with E-state index < -0.39 is 0 Å². The molecule has 0 saturated carbocycles. The van der Waals surface area contributed by atoms with Crippen molar-refractivity contribution in [2.24, 2.45) is 5.10 Å². The molecule has 0 aliphatic rings. The molecule has 0 saturated heterocycles. The van der Waals surface area contributed by atoms with E-state index in [1.807, 2.05) is 0 Å². The van der Waals surface area contributed by atoms with Crippen LogP contribution in [0, 0.1) is 11.7 Å². The second-order valence-corrected chi connectivity index (χ2v) is 4.72. The number of hydrogen-bond acceptors (Lipinski definition) is 6. The van der Waals surface area contributed by atoms with E-state index in [4.69, 9.17) is 16.6 Å². The lowest BCUT2D eigenvalue weighted by atomic mass is 10.2. The molecule has 2 N–H and O–H groups in total. The Hall–Kier alpha value is -2.74.